The van der Waals surface area contributed by atoms with Crippen LogP contribution in [0.5, 0.6) is 0 Å². The van der Waals surface area contributed by atoms with E-state index in [1.54, 1.807) is 30.6 Å². The molecule has 3 aromatic rings. The number of aromatic nitrogens is 3. The molecule has 6 nitrogen and oxygen atoms in total. The second-order valence-corrected chi connectivity index (χ2v) is 4.08. The van der Waals surface area contributed by atoms with Crippen LogP contribution in [-0.4, -0.2) is 19.5 Å². The van der Waals surface area contributed by atoms with Crippen molar-refractivity contribution in [2.75, 3.05) is 0 Å². The summed E-state index contributed by atoms with van der Waals surface area (Å²) >= 11 is 0. The molecule has 0 radical (unpaired) electrons. The lowest BCUT2D eigenvalue weighted by Crippen LogP contribution is -2.02. The third-order valence-electron chi connectivity index (χ3n) is 2.92. The summed E-state index contributed by atoms with van der Waals surface area (Å²) in [7, 11) is 0. The molecule has 1 aromatic carbocycles. The predicted molar refractivity (Wildman–Crippen MR) is 69.7 cm³/mol. The first-order chi connectivity index (χ1) is 9.25. The summed E-state index contributed by atoms with van der Waals surface area (Å²) in [6.45, 7) is 0.492. The summed E-state index contributed by atoms with van der Waals surface area (Å²) in [4.78, 5) is 18.9. The van der Waals surface area contributed by atoms with E-state index in [0.29, 0.717) is 17.8 Å². The van der Waals surface area contributed by atoms with Gasteiger partial charge < -0.3 is 4.57 Å². The van der Waals surface area contributed by atoms with Crippen LogP contribution in [-0.2, 0) is 6.54 Å². The molecule has 0 N–H and O–H groups in total. The molecule has 0 spiro atoms. The van der Waals surface area contributed by atoms with E-state index >= 15 is 0 Å². The summed E-state index contributed by atoms with van der Waals surface area (Å²) < 4.78 is 1.90. The number of benzene rings is 1. The van der Waals surface area contributed by atoms with Gasteiger partial charge in [0.1, 0.15) is 5.82 Å². The number of hydrogen-bond donors (Lipinski definition) is 0. The van der Waals surface area contributed by atoms with Crippen molar-refractivity contribution >= 4 is 16.6 Å². The van der Waals surface area contributed by atoms with Crippen molar-refractivity contribution in [3.8, 4) is 0 Å². The Kier molecular flexibility index (Phi) is 2.68. The molecule has 0 aliphatic carbocycles. The number of nitro benzene ring substituents is 1. The Hall–Kier alpha value is -2.76. The number of rotatable bonds is 3. The molecule has 0 amide bonds. The van der Waals surface area contributed by atoms with E-state index in [0.717, 1.165) is 5.52 Å². The predicted octanol–water partition coefficient (Wildman–Crippen LogP) is 2.39. The molecule has 0 atom stereocenters. The molecule has 0 aliphatic rings. The molecule has 0 aliphatic heterocycles. The molecule has 0 saturated carbocycles. The highest BCUT2D eigenvalue weighted by Gasteiger charge is 2.13. The Balaban J connectivity index is 2.07. The molecule has 0 fully saturated rings. The van der Waals surface area contributed by atoms with E-state index < -0.39 is 0 Å². The lowest BCUT2D eigenvalue weighted by Gasteiger charge is -2.03. The van der Waals surface area contributed by atoms with E-state index in [9.17, 15) is 10.1 Å². The Labute approximate surface area is 108 Å². The third kappa shape index (κ3) is 2.03. The lowest BCUT2D eigenvalue weighted by molar-refractivity contribution is -0.383. The summed E-state index contributed by atoms with van der Waals surface area (Å²) in [5.41, 5.74) is 0.923. The van der Waals surface area contributed by atoms with E-state index in [4.69, 9.17) is 0 Å². The number of nitro groups is 1. The minimum absolute atomic E-state index is 0.116. The van der Waals surface area contributed by atoms with Crippen molar-refractivity contribution < 1.29 is 4.92 Å². The highest BCUT2D eigenvalue weighted by molar-refractivity contribution is 5.89. The minimum Gasteiger partial charge on any atom is -0.340 e. The van der Waals surface area contributed by atoms with Crippen molar-refractivity contribution in [3.05, 3.63) is 64.9 Å². The zero-order chi connectivity index (χ0) is 13.2. The molecule has 3 rings (SSSR count). The minimum atomic E-state index is -0.369. The Bertz CT molecular complexity index is 737. The highest BCUT2D eigenvalue weighted by atomic mass is 16.6. The molecule has 6 heteroatoms. The van der Waals surface area contributed by atoms with Gasteiger partial charge in [-0.05, 0) is 18.2 Å². The van der Waals surface area contributed by atoms with Gasteiger partial charge in [-0.1, -0.05) is 6.07 Å². The van der Waals surface area contributed by atoms with Gasteiger partial charge in [0.05, 0.1) is 22.4 Å². The number of non-ortho nitro benzene ring substituents is 1. The number of hydrogen-bond acceptors (Lipinski definition) is 4. The fourth-order valence-corrected chi connectivity index (χ4v) is 2.07. The van der Waals surface area contributed by atoms with Crippen molar-refractivity contribution in [1.82, 2.24) is 14.5 Å². The van der Waals surface area contributed by atoms with Gasteiger partial charge in [-0.3, -0.25) is 10.1 Å². The first-order valence-electron chi connectivity index (χ1n) is 5.74. The van der Waals surface area contributed by atoms with Crippen LogP contribution in [0.3, 0.4) is 0 Å². The van der Waals surface area contributed by atoms with Crippen LogP contribution < -0.4 is 0 Å². The number of fused-ring (bicyclic) bond motifs is 1. The average molecular weight is 254 g/mol. The van der Waals surface area contributed by atoms with E-state index in [1.807, 2.05) is 16.8 Å². The SMILES string of the molecule is O=[N+]([O-])c1cccc2c1ccn2Cc1ncccn1. The summed E-state index contributed by atoms with van der Waals surface area (Å²) in [5, 5.41) is 11.6. The van der Waals surface area contributed by atoms with Crippen molar-refractivity contribution in [1.29, 1.82) is 0 Å². The van der Waals surface area contributed by atoms with Crippen LogP contribution in [0.2, 0.25) is 0 Å². The van der Waals surface area contributed by atoms with Gasteiger partial charge in [0, 0.05) is 24.7 Å². The normalized spacial score (nSPS) is 10.7. The van der Waals surface area contributed by atoms with Crippen molar-refractivity contribution in [2.24, 2.45) is 0 Å². The lowest BCUT2D eigenvalue weighted by atomic mass is 10.2. The number of nitrogens with zero attached hydrogens (tertiary/aromatic N) is 4. The van der Waals surface area contributed by atoms with Crippen LogP contribution in [0.15, 0.2) is 48.9 Å². The topological polar surface area (TPSA) is 73.8 Å². The van der Waals surface area contributed by atoms with Crippen LogP contribution in [0.4, 0.5) is 5.69 Å². The van der Waals surface area contributed by atoms with E-state index in [2.05, 4.69) is 9.97 Å². The van der Waals surface area contributed by atoms with E-state index in [1.165, 1.54) is 6.07 Å². The monoisotopic (exact) mass is 254 g/mol. The van der Waals surface area contributed by atoms with E-state index in [-0.39, 0.29) is 10.6 Å². The fraction of sp³-hybridized carbons (Fsp3) is 0.0769. The summed E-state index contributed by atoms with van der Waals surface area (Å²) in [6.07, 6.45) is 5.17. The quantitative estimate of drug-likeness (QED) is 0.531. The smallest absolute Gasteiger partial charge is 0.278 e. The first kappa shape index (κ1) is 11.3. The van der Waals surface area contributed by atoms with Crippen molar-refractivity contribution in [3.63, 3.8) is 0 Å². The molecule has 19 heavy (non-hydrogen) atoms. The molecule has 0 saturated heterocycles. The van der Waals surface area contributed by atoms with Crippen LogP contribution in [0.1, 0.15) is 5.82 Å². The van der Waals surface area contributed by atoms with Crippen molar-refractivity contribution in [2.45, 2.75) is 6.54 Å². The standard InChI is InChI=1S/C13H10N4O2/c18-17(19)12-4-1-3-11-10(12)5-8-16(11)9-13-14-6-2-7-15-13/h1-8H,9H2. The van der Waals surface area contributed by atoms with Crippen LogP contribution in [0.25, 0.3) is 10.9 Å². The molecule has 0 unspecified atom stereocenters. The molecule has 2 aromatic heterocycles. The van der Waals surface area contributed by atoms with Gasteiger partial charge in [0.15, 0.2) is 0 Å². The van der Waals surface area contributed by atoms with Gasteiger partial charge in [-0.15, -0.1) is 0 Å². The Morgan fingerprint density at radius 1 is 1.16 bits per heavy atom. The summed E-state index contributed by atoms with van der Waals surface area (Å²) in [5.74, 6) is 0.673. The molecule has 2 heterocycles. The maximum atomic E-state index is 11.0. The van der Waals surface area contributed by atoms with Crippen LogP contribution in [0, 0.1) is 10.1 Å². The molecular weight excluding hydrogens is 244 g/mol. The van der Waals surface area contributed by atoms with Gasteiger partial charge in [0.2, 0.25) is 0 Å². The van der Waals surface area contributed by atoms with Gasteiger partial charge >= 0.3 is 0 Å². The fourth-order valence-electron chi connectivity index (χ4n) is 2.07. The largest absolute Gasteiger partial charge is 0.340 e. The second kappa shape index (κ2) is 4.49. The van der Waals surface area contributed by atoms with Crippen LogP contribution >= 0.6 is 0 Å². The van der Waals surface area contributed by atoms with Gasteiger partial charge in [-0.2, -0.15) is 0 Å². The average Bonchev–Trinajstić information content (AvgIpc) is 2.83. The first-order valence-corrected chi connectivity index (χ1v) is 5.74. The zero-order valence-electron chi connectivity index (χ0n) is 9.93. The second-order valence-electron chi connectivity index (χ2n) is 4.08. The molecule has 94 valence electrons. The summed E-state index contributed by atoms with van der Waals surface area (Å²) in [6, 6.07) is 8.54. The highest BCUT2D eigenvalue weighted by Crippen LogP contribution is 2.26. The third-order valence-corrected chi connectivity index (χ3v) is 2.92. The maximum absolute atomic E-state index is 11.0. The Morgan fingerprint density at radius 2 is 1.95 bits per heavy atom. The van der Waals surface area contributed by atoms with Gasteiger partial charge in [-0.25, -0.2) is 9.97 Å². The molecule has 0 bridgehead atoms. The maximum Gasteiger partial charge on any atom is 0.278 e. The van der Waals surface area contributed by atoms with Gasteiger partial charge in [0.25, 0.3) is 5.69 Å². The molecular formula is C13H10N4O2. The Morgan fingerprint density at radius 3 is 2.68 bits per heavy atom. The zero-order valence-corrected chi connectivity index (χ0v) is 9.93.